The number of rotatable bonds is 3. The number of nitrogens with one attached hydrogen (secondary N) is 1. The average Bonchev–Trinajstić information content (AvgIpc) is 2.81. The van der Waals surface area contributed by atoms with E-state index in [1.54, 1.807) is 6.20 Å². The lowest BCUT2D eigenvalue weighted by Gasteiger charge is -2.20. The van der Waals surface area contributed by atoms with E-state index >= 15 is 0 Å². The molecule has 0 aliphatic carbocycles. The third kappa shape index (κ3) is 2.97. The van der Waals surface area contributed by atoms with Gasteiger partial charge in [0, 0.05) is 0 Å². The van der Waals surface area contributed by atoms with Crippen molar-refractivity contribution >= 4 is 0 Å². The fourth-order valence-electron chi connectivity index (χ4n) is 2.07. The molecule has 0 saturated carbocycles. The second-order valence-electron chi connectivity index (χ2n) is 5.94. The summed E-state index contributed by atoms with van der Waals surface area (Å²) in [5, 5.41) is 10.6. The van der Waals surface area contributed by atoms with Crippen LogP contribution in [0.3, 0.4) is 0 Å². The van der Waals surface area contributed by atoms with Crippen molar-refractivity contribution < 1.29 is 0 Å². The number of aromatic amines is 1. The van der Waals surface area contributed by atoms with Gasteiger partial charge in [0.2, 0.25) is 0 Å². The van der Waals surface area contributed by atoms with Crippen LogP contribution in [0.25, 0.3) is 0 Å². The minimum atomic E-state index is 0.216. The zero-order valence-corrected chi connectivity index (χ0v) is 11.6. The average molecular weight is 243 g/mol. The van der Waals surface area contributed by atoms with Crippen molar-refractivity contribution in [2.75, 3.05) is 0 Å². The molecule has 0 aliphatic rings. The van der Waals surface area contributed by atoms with E-state index in [1.807, 2.05) is 0 Å². The Hall–Kier alpha value is -1.64. The molecule has 1 aromatic heterocycles. The topological polar surface area (TPSA) is 41.6 Å². The predicted molar refractivity (Wildman–Crippen MR) is 73.6 cm³/mol. The standard InChI is InChI=1S/C15H21N3/c1-11(9-14-10-16-18-17-14)12-5-7-13(8-6-12)15(2,3)4/h5-8,10-11H,9H2,1-4H3,(H,16,17,18). The highest BCUT2D eigenvalue weighted by Crippen LogP contribution is 2.25. The highest BCUT2D eigenvalue weighted by atomic mass is 15.3. The van der Waals surface area contributed by atoms with Gasteiger partial charge in [0.15, 0.2) is 0 Å². The first-order valence-electron chi connectivity index (χ1n) is 6.42. The Morgan fingerprint density at radius 2 is 1.83 bits per heavy atom. The van der Waals surface area contributed by atoms with Crippen LogP contribution in [-0.4, -0.2) is 15.4 Å². The Balaban J connectivity index is 2.10. The first-order valence-corrected chi connectivity index (χ1v) is 6.42. The van der Waals surface area contributed by atoms with Gasteiger partial charge in [-0.1, -0.05) is 52.0 Å². The van der Waals surface area contributed by atoms with Crippen LogP contribution in [0.4, 0.5) is 0 Å². The van der Waals surface area contributed by atoms with E-state index < -0.39 is 0 Å². The summed E-state index contributed by atoms with van der Waals surface area (Å²) in [6.07, 6.45) is 2.71. The lowest BCUT2D eigenvalue weighted by atomic mass is 9.85. The number of hydrogen-bond acceptors (Lipinski definition) is 2. The third-order valence-corrected chi connectivity index (χ3v) is 3.33. The first-order chi connectivity index (χ1) is 8.47. The Bertz CT molecular complexity index is 477. The zero-order valence-electron chi connectivity index (χ0n) is 11.6. The van der Waals surface area contributed by atoms with Gasteiger partial charge in [0.1, 0.15) is 0 Å². The van der Waals surface area contributed by atoms with Crippen LogP contribution in [0.2, 0.25) is 0 Å². The molecule has 1 aromatic carbocycles. The molecule has 0 amide bonds. The summed E-state index contributed by atoms with van der Waals surface area (Å²) < 4.78 is 0. The van der Waals surface area contributed by atoms with Crippen molar-refractivity contribution in [2.45, 2.75) is 45.4 Å². The maximum Gasteiger partial charge on any atom is 0.0830 e. The molecule has 0 saturated heterocycles. The van der Waals surface area contributed by atoms with Gasteiger partial charge < -0.3 is 0 Å². The van der Waals surface area contributed by atoms with Crippen LogP contribution in [0.5, 0.6) is 0 Å². The van der Waals surface area contributed by atoms with Gasteiger partial charge in [-0.25, -0.2) is 0 Å². The van der Waals surface area contributed by atoms with E-state index in [1.165, 1.54) is 11.1 Å². The van der Waals surface area contributed by atoms with Gasteiger partial charge >= 0.3 is 0 Å². The van der Waals surface area contributed by atoms with Gasteiger partial charge in [-0.05, 0) is 28.9 Å². The number of nitrogens with zero attached hydrogens (tertiary/aromatic N) is 2. The molecule has 1 N–H and O–H groups in total. The van der Waals surface area contributed by atoms with Crippen molar-refractivity contribution in [2.24, 2.45) is 0 Å². The largest absolute Gasteiger partial charge is 0.198 e. The molecule has 1 atom stereocenters. The number of aromatic nitrogens is 3. The van der Waals surface area contributed by atoms with Gasteiger partial charge in [-0.15, -0.1) is 0 Å². The first kappa shape index (κ1) is 12.8. The lowest BCUT2D eigenvalue weighted by molar-refractivity contribution is 0.589. The molecule has 2 rings (SSSR count). The summed E-state index contributed by atoms with van der Waals surface area (Å²) in [6.45, 7) is 8.93. The summed E-state index contributed by atoms with van der Waals surface area (Å²) in [7, 11) is 0. The van der Waals surface area contributed by atoms with Crippen molar-refractivity contribution in [3.8, 4) is 0 Å². The van der Waals surface area contributed by atoms with Crippen molar-refractivity contribution in [1.82, 2.24) is 15.4 Å². The molecule has 96 valence electrons. The lowest BCUT2D eigenvalue weighted by Crippen LogP contribution is -2.11. The minimum Gasteiger partial charge on any atom is -0.198 e. The monoisotopic (exact) mass is 243 g/mol. The molecule has 1 unspecified atom stereocenters. The molecule has 1 heterocycles. The fourth-order valence-corrected chi connectivity index (χ4v) is 2.07. The molecule has 3 heteroatoms. The minimum absolute atomic E-state index is 0.216. The summed E-state index contributed by atoms with van der Waals surface area (Å²) in [4.78, 5) is 0. The van der Waals surface area contributed by atoms with Crippen molar-refractivity contribution in [3.63, 3.8) is 0 Å². The van der Waals surface area contributed by atoms with Crippen LogP contribution in [0.15, 0.2) is 30.5 Å². The maximum absolute atomic E-state index is 4.10. The SMILES string of the molecule is CC(Cc1cn[nH]n1)c1ccc(C(C)(C)C)cc1. The third-order valence-electron chi connectivity index (χ3n) is 3.33. The van der Waals surface area contributed by atoms with Crippen molar-refractivity contribution in [1.29, 1.82) is 0 Å². The van der Waals surface area contributed by atoms with Crippen LogP contribution in [0.1, 0.15) is 50.4 Å². The fraction of sp³-hybridized carbons (Fsp3) is 0.467. The van der Waals surface area contributed by atoms with E-state index in [0.717, 1.165) is 12.1 Å². The normalized spacial score (nSPS) is 13.6. The zero-order chi connectivity index (χ0) is 13.2. The quantitative estimate of drug-likeness (QED) is 0.897. The van der Waals surface area contributed by atoms with Gasteiger partial charge in [0.05, 0.1) is 11.9 Å². The molecule has 0 spiro atoms. The Kier molecular flexibility index (Phi) is 3.50. The Labute approximate surface area is 109 Å². The summed E-state index contributed by atoms with van der Waals surface area (Å²) in [5.74, 6) is 0.462. The Morgan fingerprint density at radius 1 is 1.17 bits per heavy atom. The molecule has 0 fully saturated rings. The van der Waals surface area contributed by atoms with E-state index in [9.17, 15) is 0 Å². The predicted octanol–water partition coefficient (Wildman–Crippen LogP) is 3.45. The highest BCUT2D eigenvalue weighted by molar-refractivity contribution is 5.29. The maximum atomic E-state index is 4.10. The van der Waals surface area contributed by atoms with Crippen LogP contribution in [0, 0.1) is 0 Å². The van der Waals surface area contributed by atoms with E-state index in [4.69, 9.17) is 0 Å². The van der Waals surface area contributed by atoms with Crippen LogP contribution >= 0.6 is 0 Å². The second-order valence-corrected chi connectivity index (χ2v) is 5.94. The second kappa shape index (κ2) is 4.92. The summed E-state index contributed by atoms with van der Waals surface area (Å²) >= 11 is 0. The molecular weight excluding hydrogens is 222 g/mol. The molecule has 2 aromatic rings. The summed E-state index contributed by atoms with van der Waals surface area (Å²) in [5.41, 5.74) is 3.96. The number of hydrogen-bond donors (Lipinski definition) is 1. The van der Waals surface area contributed by atoms with Crippen LogP contribution in [-0.2, 0) is 11.8 Å². The molecule has 0 aliphatic heterocycles. The highest BCUT2D eigenvalue weighted by Gasteiger charge is 2.14. The summed E-state index contributed by atoms with van der Waals surface area (Å²) in [6, 6.07) is 8.92. The number of benzene rings is 1. The molecule has 0 radical (unpaired) electrons. The van der Waals surface area contributed by atoms with E-state index in [2.05, 4.69) is 67.4 Å². The van der Waals surface area contributed by atoms with Crippen LogP contribution < -0.4 is 0 Å². The Morgan fingerprint density at radius 3 is 2.33 bits per heavy atom. The smallest absolute Gasteiger partial charge is 0.0830 e. The molecule has 3 nitrogen and oxygen atoms in total. The van der Waals surface area contributed by atoms with E-state index in [-0.39, 0.29) is 5.41 Å². The molecule has 18 heavy (non-hydrogen) atoms. The molecule has 0 bridgehead atoms. The van der Waals surface area contributed by atoms with Gasteiger partial charge in [0.25, 0.3) is 0 Å². The van der Waals surface area contributed by atoms with Gasteiger partial charge in [-0.3, -0.25) is 0 Å². The van der Waals surface area contributed by atoms with Crippen molar-refractivity contribution in [3.05, 3.63) is 47.3 Å². The van der Waals surface area contributed by atoms with E-state index in [0.29, 0.717) is 5.92 Å². The number of H-pyrrole nitrogens is 1. The van der Waals surface area contributed by atoms with Gasteiger partial charge in [-0.2, -0.15) is 15.4 Å². The molecular formula is C15H21N3.